The minimum atomic E-state index is -0.506. The lowest BCUT2D eigenvalue weighted by Crippen LogP contribution is -2.34. The summed E-state index contributed by atoms with van der Waals surface area (Å²) in [5.41, 5.74) is 0.891. The summed E-state index contributed by atoms with van der Waals surface area (Å²) in [5.74, 6) is -0.323. The highest BCUT2D eigenvalue weighted by Crippen LogP contribution is 2.17. The zero-order valence-electron chi connectivity index (χ0n) is 11.1. The molecule has 0 radical (unpaired) electrons. The Kier molecular flexibility index (Phi) is 5.30. The number of rotatable bonds is 5. The van der Waals surface area contributed by atoms with Crippen LogP contribution in [0.3, 0.4) is 0 Å². The Balaban J connectivity index is 2.85. The summed E-state index contributed by atoms with van der Waals surface area (Å²) in [5, 5.41) is 13.5. The van der Waals surface area contributed by atoms with Crippen molar-refractivity contribution in [3.63, 3.8) is 0 Å². The molecule has 1 aromatic carbocycles. The van der Waals surface area contributed by atoms with Crippen LogP contribution in [-0.4, -0.2) is 22.2 Å². The standard InChI is InChI=1S/C13H17ClN2O3/c1-8-4-11(7-12(5-8)16(18)19)13(17)15-10(3)6-9(2)14/h4-5,7,9-10H,6H2,1-3H3,(H,15,17). The summed E-state index contributed by atoms with van der Waals surface area (Å²) in [6, 6.07) is 4.25. The molecule has 0 aromatic heterocycles. The van der Waals surface area contributed by atoms with Gasteiger partial charge in [-0.3, -0.25) is 14.9 Å². The predicted molar refractivity (Wildman–Crippen MR) is 74.7 cm³/mol. The molecule has 1 N–H and O–H groups in total. The average Bonchev–Trinajstić information content (AvgIpc) is 2.26. The van der Waals surface area contributed by atoms with Crippen molar-refractivity contribution in [2.75, 3.05) is 0 Å². The average molecular weight is 285 g/mol. The van der Waals surface area contributed by atoms with Gasteiger partial charge in [0.25, 0.3) is 11.6 Å². The minimum Gasteiger partial charge on any atom is -0.350 e. The number of nitrogens with zero attached hydrogens (tertiary/aromatic N) is 1. The number of amides is 1. The zero-order valence-corrected chi connectivity index (χ0v) is 11.9. The first-order valence-electron chi connectivity index (χ1n) is 6.00. The van der Waals surface area contributed by atoms with Gasteiger partial charge in [-0.1, -0.05) is 0 Å². The van der Waals surface area contributed by atoms with E-state index in [2.05, 4.69) is 5.32 Å². The molecule has 0 aliphatic carbocycles. The number of nitro benzene ring substituents is 1. The summed E-state index contributed by atoms with van der Waals surface area (Å²) >= 11 is 5.85. The molecule has 2 atom stereocenters. The third kappa shape index (κ3) is 4.87. The Morgan fingerprint density at radius 3 is 2.58 bits per heavy atom. The molecule has 5 nitrogen and oxygen atoms in total. The number of carbonyl (C=O) groups is 1. The summed E-state index contributed by atoms with van der Waals surface area (Å²) in [6.45, 7) is 5.41. The molecule has 104 valence electrons. The molecule has 0 saturated heterocycles. The van der Waals surface area contributed by atoms with Gasteiger partial charge in [0.05, 0.1) is 4.92 Å². The van der Waals surface area contributed by atoms with Crippen LogP contribution in [0.25, 0.3) is 0 Å². The molecule has 1 rings (SSSR count). The first kappa shape index (κ1) is 15.4. The molecule has 0 saturated carbocycles. The highest BCUT2D eigenvalue weighted by atomic mass is 35.5. The van der Waals surface area contributed by atoms with E-state index in [1.54, 1.807) is 13.0 Å². The number of alkyl halides is 1. The molecule has 0 spiro atoms. The van der Waals surface area contributed by atoms with Crippen LogP contribution >= 0.6 is 11.6 Å². The molecule has 1 amide bonds. The van der Waals surface area contributed by atoms with Crippen molar-refractivity contribution in [3.05, 3.63) is 39.4 Å². The number of non-ortho nitro benzene ring substituents is 1. The van der Waals surface area contributed by atoms with Crippen molar-refractivity contribution in [2.24, 2.45) is 0 Å². The van der Waals surface area contributed by atoms with Crippen LogP contribution in [0.5, 0.6) is 0 Å². The number of halogens is 1. The number of hydrogen-bond acceptors (Lipinski definition) is 3. The lowest BCUT2D eigenvalue weighted by Gasteiger charge is -2.15. The fourth-order valence-electron chi connectivity index (χ4n) is 1.85. The van der Waals surface area contributed by atoms with Crippen LogP contribution in [0, 0.1) is 17.0 Å². The van der Waals surface area contributed by atoms with E-state index < -0.39 is 4.92 Å². The Labute approximate surface area is 117 Å². The SMILES string of the molecule is Cc1cc(C(=O)NC(C)CC(C)Cl)cc([N+](=O)[O-])c1. The molecule has 2 unspecified atom stereocenters. The Morgan fingerprint density at radius 1 is 1.42 bits per heavy atom. The second-order valence-corrected chi connectivity index (χ2v) is 5.45. The fourth-order valence-corrected chi connectivity index (χ4v) is 2.12. The van der Waals surface area contributed by atoms with E-state index >= 15 is 0 Å². The summed E-state index contributed by atoms with van der Waals surface area (Å²) in [4.78, 5) is 22.2. The number of nitrogens with one attached hydrogen (secondary N) is 1. The molecule has 19 heavy (non-hydrogen) atoms. The number of hydrogen-bond donors (Lipinski definition) is 1. The molecule has 0 fully saturated rings. The van der Waals surface area contributed by atoms with E-state index in [9.17, 15) is 14.9 Å². The molecular weight excluding hydrogens is 268 g/mol. The molecule has 0 aliphatic heterocycles. The molecule has 1 aromatic rings. The number of aryl methyl sites for hydroxylation is 1. The van der Waals surface area contributed by atoms with Gasteiger partial charge >= 0.3 is 0 Å². The van der Waals surface area contributed by atoms with E-state index in [0.29, 0.717) is 17.5 Å². The van der Waals surface area contributed by atoms with E-state index in [-0.39, 0.29) is 23.0 Å². The van der Waals surface area contributed by atoms with Crippen LogP contribution in [0.4, 0.5) is 5.69 Å². The zero-order chi connectivity index (χ0) is 14.6. The lowest BCUT2D eigenvalue weighted by molar-refractivity contribution is -0.384. The van der Waals surface area contributed by atoms with E-state index in [1.807, 2.05) is 13.8 Å². The van der Waals surface area contributed by atoms with E-state index in [1.165, 1.54) is 12.1 Å². The van der Waals surface area contributed by atoms with Crippen molar-refractivity contribution in [2.45, 2.75) is 38.6 Å². The van der Waals surface area contributed by atoms with Crippen LogP contribution in [-0.2, 0) is 0 Å². The van der Waals surface area contributed by atoms with Gasteiger partial charge in [-0.2, -0.15) is 0 Å². The molecule has 0 aliphatic rings. The monoisotopic (exact) mass is 284 g/mol. The largest absolute Gasteiger partial charge is 0.350 e. The van der Waals surface area contributed by atoms with Gasteiger partial charge in [-0.05, 0) is 38.8 Å². The van der Waals surface area contributed by atoms with Gasteiger partial charge < -0.3 is 5.32 Å². The maximum absolute atomic E-state index is 12.0. The molecule has 6 heteroatoms. The van der Waals surface area contributed by atoms with Crippen molar-refractivity contribution in [1.82, 2.24) is 5.32 Å². The van der Waals surface area contributed by atoms with Gasteiger partial charge in [0.2, 0.25) is 0 Å². The fraction of sp³-hybridized carbons (Fsp3) is 0.462. The van der Waals surface area contributed by atoms with E-state index in [4.69, 9.17) is 11.6 Å². The second-order valence-electron chi connectivity index (χ2n) is 4.71. The maximum atomic E-state index is 12.0. The molecule has 0 bridgehead atoms. The quantitative estimate of drug-likeness (QED) is 0.513. The number of carbonyl (C=O) groups excluding carboxylic acids is 1. The highest BCUT2D eigenvalue weighted by molar-refractivity contribution is 6.20. The van der Waals surface area contributed by atoms with Gasteiger partial charge in [0, 0.05) is 29.1 Å². The van der Waals surface area contributed by atoms with Gasteiger partial charge in [0.15, 0.2) is 0 Å². The third-order valence-electron chi connectivity index (χ3n) is 2.59. The lowest BCUT2D eigenvalue weighted by atomic mass is 10.1. The van der Waals surface area contributed by atoms with Gasteiger partial charge in [-0.15, -0.1) is 11.6 Å². The Hall–Kier alpha value is -1.62. The van der Waals surface area contributed by atoms with Crippen molar-refractivity contribution in [1.29, 1.82) is 0 Å². The first-order valence-corrected chi connectivity index (χ1v) is 6.44. The smallest absolute Gasteiger partial charge is 0.270 e. The van der Waals surface area contributed by atoms with Crippen LogP contribution in [0.2, 0.25) is 0 Å². The van der Waals surface area contributed by atoms with E-state index in [0.717, 1.165) is 0 Å². The van der Waals surface area contributed by atoms with Gasteiger partial charge in [-0.25, -0.2) is 0 Å². The second kappa shape index (κ2) is 6.52. The summed E-state index contributed by atoms with van der Waals surface area (Å²) < 4.78 is 0. The minimum absolute atomic E-state index is 0.0397. The Bertz CT molecular complexity index is 489. The van der Waals surface area contributed by atoms with Crippen LogP contribution < -0.4 is 5.32 Å². The Morgan fingerprint density at radius 2 is 2.05 bits per heavy atom. The molecule has 0 heterocycles. The summed E-state index contributed by atoms with van der Waals surface area (Å²) in [7, 11) is 0. The van der Waals surface area contributed by atoms with Crippen molar-refractivity contribution in [3.8, 4) is 0 Å². The third-order valence-corrected chi connectivity index (χ3v) is 2.77. The number of nitro groups is 1. The topological polar surface area (TPSA) is 72.2 Å². The maximum Gasteiger partial charge on any atom is 0.270 e. The highest BCUT2D eigenvalue weighted by Gasteiger charge is 2.15. The normalized spacial score (nSPS) is 13.7. The van der Waals surface area contributed by atoms with Crippen molar-refractivity contribution < 1.29 is 9.72 Å². The number of benzene rings is 1. The van der Waals surface area contributed by atoms with Gasteiger partial charge in [0.1, 0.15) is 0 Å². The summed E-state index contributed by atoms with van der Waals surface area (Å²) in [6.07, 6.45) is 0.640. The van der Waals surface area contributed by atoms with Crippen molar-refractivity contribution >= 4 is 23.2 Å². The molecular formula is C13H17ClN2O3. The first-order chi connectivity index (χ1) is 8.79. The van der Waals surface area contributed by atoms with Crippen LogP contribution in [0.1, 0.15) is 36.2 Å². The predicted octanol–water partition coefficient (Wildman–Crippen LogP) is 3.04. The van der Waals surface area contributed by atoms with Crippen LogP contribution in [0.15, 0.2) is 18.2 Å².